The van der Waals surface area contributed by atoms with Crippen LogP contribution < -0.4 is 0 Å². The lowest BCUT2D eigenvalue weighted by molar-refractivity contribution is 0.0702. The second-order valence-corrected chi connectivity index (χ2v) is 3.89. The van der Waals surface area contributed by atoms with Crippen LogP contribution in [0.5, 0.6) is 0 Å². The molecule has 0 radical (unpaired) electrons. The Labute approximate surface area is 88.8 Å². The van der Waals surface area contributed by atoms with Gasteiger partial charge in [-0.2, -0.15) is 0 Å². The van der Waals surface area contributed by atoms with Crippen LogP contribution in [0.15, 0.2) is 30.5 Å². The molecule has 0 bridgehead atoms. The molecule has 3 nitrogen and oxygen atoms in total. The summed E-state index contributed by atoms with van der Waals surface area (Å²) in [4.78, 5) is 15.2. The maximum atomic E-state index is 13.3. The van der Waals surface area contributed by atoms with E-state index in [1.165, 1.54) is 24.4 Å². The van der Waals surface area contributed by atoms with E-state index in [0.717, 1.165) is 11.3 Å². The zero-order chi connectivity index (χ0) is 10.8. The number of carboxylic acids is 1. The van der Waals surface area contributed by atoms with Gasteiger partial charge < -0.3 is 5.11 Å². The molecule has 0 spiro atoms. The molecule has 76 valence electrons. The number of aromatic carboxylic acids is 1. The van der Waals surface area contributed by atoms with Gasteiger partial charge in [0, 0.05) is 6.20 Å². The van der Waals surface area contributed by atoms with E-state index in [0.29, 0.717) is 4.88 Å². The van der Waals surface area contributed by atoms with Crippen LogP contribution >= 0.6 is 11.3 Å². The van der Waals surface area contributed by atoms with Gasteiger partial charge in [0.05, 0.1) is 4.88 Å². The Kier molecular flexibility index (Phi) is 2.47. The fourth-order valence-electron chi connectivity index (χ4n) is 1.15. The van der Waals surface area contributed by atoms with E-state index in [-0.39, 0.29) is 10.6 Å². The molecular formula is C10H6FNO2S. The maximum Gasteiger partial charge on any atom is 0.345 e. The number of pyridine rings is 1. The SMILES string of the molecule is O=C(O)c1ccc(-c2ncccc2F)s1. The van der Waals surface area contributed by atoms with E-state index in [1.807, 2.05) is 0 Å². The summed E-state index contributed by atoms with van der Waals surface area (Å²) in [5.74, 6) is -1.46. The van der Waals surface area contributed by atoms with Crippen molar-refractivity contribution in [1.29, 1.82) is 0 Å². The van der Waals surface area contributed by atoms with E-state index in [1.54, 1.807) is 6.07 Å². The number of thiophene rings is 1. The van der Waals surface area contributed by atoms with Crippen LogP contribution in [0.4, 0.5) is 4.39 Å². The van der Waals surface area contributed by atoms with Crippen LogP contribution in [-0.2, 0) is 0 Å². The lowest BCUT2D eigenvalue weighted by Crippen LogP contribution is -1.89. The Hall–Kier alpha value is -1.75. The molecule has 0 amide bonds. The van der Waals surface area contributed by atoms with E-state index < -0.39 is 11.8 Å². The van der Waals surface area contributed by atoms with Crippen molar-refractivity contribution in [2.24, 2.45) is 0 Å². The van der Waals surface area contributed by atoms with Gasteiger partial charge in [0.15, 0.2) is 0 Å². The number of hydrogen-bond acceptors (Lipinski definition) is 3. The molecule has 0 fully saturated rings. The highest BCUT2D eigenvalue weighted by atomic mass is 32.1. The first-order valence-electron chi connectivity index (χ1n) is 4.12. The van der Waals surface area contributed by atoms with Crippen LogP contribution in [0.2, 0.25) is 0 Å². The highest BCUT2D eigenvalue weighted by molar-refractivity contribution is 7.17. The van der Waals surface area contributed by atoms with Gasteiger partial charge in [-0.05, 0) is 24.3 Å². The minimum absolute atomic E-state index is 0.176. The Morgan fingerprint density at radius 2 is 2.20 bits per heavy atom. The van der Waals surface area contributed by atoms with Gasteiger partial charge in [-0.25, -0.2) is 9.18 Å². The molecule has 2 aromatic heterocycles. The Morgan fingerprint density at radius 1 is 1.40 bits per heavy atom. The molecule has 2 rings (SSSR count). The number of hydrogen-bond donors (Lipinski definition) is 1. The van der Waals surface area contributed by atoms with E-state index in [9.17, 15) is 9.18 Å². The molecule has 0 aliphatic rings. The standard InChI is InChI=1S/C10H6FNO2S/c11-6-2-1-5-12-9(6)7-3-4-8(15-7)10(13)14/h1-5H,(H,13,14). The summed E-state index contributed by atoms with van der Waals surface area (Å²) in [6.07, 6.45) is 1.47. The van der Waals surface area contributed by atoms with Gasteiger partial charge in [-0.1, -0.05) is 0 Å². The normalized spacial score (nSPS) is 10.2. The quantitative estimate of drug-likeness (QED) is 0.851. The molecule has 5 heteroatoms. The Bertz CT molecular complexity index is 510. The van der Waals surface area contributed by atoms with E-state index in [2.05, 4.69) is 4.98 Å². The van der Waals surface area contributed by atoms with Gasteiger partial charge in [0.2, 0.25) is 0 Å². The third kappa shape index (κ3) is 1.87. The molecule has 2 heterocycles. The van der Waals surface area contributed by atoms with Gasteiger partial charge in [-0.15, -0.1) is 11.3 Å². The molecule has 1 N–H and O–H groups in total. The summed E-state index contributed by atoms with van der Waals surface area (Å²) >= 11 is 1.01. The topological polar surface area (TPSA) is 50.2 Å². The molecule has 0 saturated heterocycles. The molecule has 15 heavy (non-hydrogen) atoms. The van der Waals surface area contributed by atoms with Crippen molar-refractivity contribution in [2.75, 3.05) is 0 Å². The molecule has 0 aromatic carbocycles. The second kappa shape index (κ2) is 3.78. The Balaban J connectivity index is 2.46. The fourth-order valence-corrected chi connectivity index (χ4v) is 1.99. The molecular weight excluding hydrogens is 217 g/mol. The van der Waals surface area contributed by atoms with Crippen molar-refractivity contribution in [3.8, 4) is 10.6 Å². The summed E-state index contributed by atoms with van der Waals surface area (Å²) < 4.78 is 13.3. The second-order valence-electron chi connectivity index (χ2n) is 2.80. The number of rotatable bonds is 2. The summed E-state index contributed by atoms with van der Waals surface area (Å²) in [5.41, 5.74) is 0.190. The minimum Gasteiger partial charge on any atom is -0.477 e. The van der Waals surface area contributed by atoms with Gasteiger partial charge in [-0.3, -0.25) is 4.98 Å². The van der Waals surface area contributed by atoms with E-state index in [4.69, 9.17) is 5.11 Å². The highest BCUT2D eigenvalue weighted by Gasteiger charge is 2.11. The molecule has 2 aromatic rings. The third-order valence-electron chi connectivity index (χ3n) is 1.81. The van der Waals surface area contributed by atoms with Crippen molar-refractivity contribution in [3.05, 3.63) is 41.2 Å². The van der Waals surface area contributed by atoms with Gasteiger partial charge in [0.25, 0.3) is 0 Å². The first kappa shape index (κ1) is 9.79. The molecule has 0 atom stereocenters. The summed E-state index contributed by atoms with van der Waals surface area (Å²) in [6, 6.07) is 5.78. The predicted molar refractivity (Wildman–Crippen MR) is 54.5 cm³/mol. The third-order valence-corrected chi connectivity index (χ3v) is 2.89. The lowest BCUT2D eigenvalue weighted by Gasteiger charge is -1.96. The Morgan fingerprint density at radius 3 is 2.80 bits per heavy atom. The van der Waals surface area contributed by atoms with Crippen LogP contribution in [0, 0.1) is 5.82 Å². The van der Waals surface area contributed by atoms with Crippen molar-refractivity contribution in [2.45, 2.75) is 0 Å². The highest BCUT2D eigenvalue weighted by Crippen LogP contribution is 2.28. The average Bonchev–Trinajstić information content (AvgIpc) is 2.67. The first-order valence-corrected chi connectivity index (χ1v) is 4.94. The molecule has 0 aliphatic heterocycles. The maximum absolute atomic E-state index is 13.3. The molecule has 0 unspecified atom stereocenters. The summed E-state index contributed by atoms with van der Waals surface area (Å²) in [7, 11) is 0. The van der Waals surface area contributed by atoms with E-state index >= 15 is 0 Å². The first-order chi connectivity index (χ1) is 7.18. The fraction of sp³-hybridized carbons (Fsp3) is 0. The van der Waals surface area contributed by atoms with Crippen LogP contribution in [0.25, 0.3) is 10.6 Å². The van der Waals surface area contributed by atoms with Crippen LogP contribution in [-0.4, -0.2) is 16.1 Å². The zero-order valence-electron chi connectivity index (χ0n) is 7.48. The van der Waals surface area contributed by atoms with Crippen molar-refractivity contribution >= 4 is 17.3 Å². The van der Waals surface area contributed by atoms with Crippen LogP contribution in [0.3, 0.4) is 0 Å². The smallest absolute Gasteiger partial charge is 0.345 e. The van der Waals surface area contributed by atoms with Crippen molar-refractivity contribution in [3.63, 3.8) is 0 Å². The van der Waals surface area contributed by atoms with Gasteiger partial charge in [0.1, 0.15) is 16.4 Å². The number of carboxylic acid groups (broad SMARTS) is 1. The lowest BCUT2D eigenvalue weighted by atomic mass is 10.3. The number of halogens is 1. The molecule has 0 aliphatic carbocycles. The summed E-state index contributed by atoms with van der Waals surface area (Å²) in [5, 5.41) is 8.71. The zero-order valence-corrected chi connectivity index (χ0v) is 8.29. The van der Waals surface area contributed by atoms with Gasteiger partial charge >= 0.3 is 5.97 Å². The van der Waals surface area contributed by atoms with Crippen LogP contribution in [0.1, 0.15) is 9.67 Å². The number of aromatic nitrogens is 1. The van der Waals surface area contributed by atoms with Crippen molar-refractivity contribution < 1.29 is 14.3 Å². The van der Waals surface area contributed by atoms with Crippen molar-refractivity contribution in [1.82, 2.24) is 4.98 Å². The largest absolute Gasteiger partial charge is 0.477 e. The monoisotopic (exact) mass is 223 g/mol. The number of carbonyl (C=O) groups is 1. The summed E-state index contributed by atoms with van der Waals surface area (Å²) in [6.45, 7) is 0. The average molecular weight is 223 g/mol. The predicted octanol–water partition coefficient (Wildman–Crippen LogP) is 2.65. The molecule has 0 saturated carbocycles. The number of nitrogens with zero attached hydrogens (tertiary/aromatic N) is 1. The minimum atomic E-state index is -1.01.